The average molecular weight is 217 g/mol. The van der Waals surface area contributed by atoms with Crippen molar-refractivity contribution >= 4 is 11.6 Å². The van der Waals surface area contributed by atoms with Crippen LogP contribution in [0, 0.1) is 12.7 Å². The summed E-state index contributed by atoms with van der Waals surface area (Å²) in [6.07, 6.45) is 1.76. The quantitative estimate of drug-likeness (QED) is 0.541. The van der Waals surface area contributed by atoms with Crippen molar-refractivity contribution in [1.82, 2.24) is 0 Å². The van der Waals surface area contributed by atoms with Gasteiger partial charge in [0.2, 0.25) is 0 Å². The normalized spacial score (nSPS) is 10.2. The molecule has 3 heteroatoms. The molecule has 1 rings (SSSR count). The number of ether oxygens (including phenoxy) is 1. The van der Waals surface area contributed by atoms with E-state index in [0.29, 0.717) is 18.2 Å². The van der Waals surface area contributed by atoms with Gasteiger partial charge in [0.15, 0.2) is 11.6 Å². The molecule has 0 amide bonds. The Hall–Kier alpha value is -0.760. The topological polar surface area (TPSA) is 9.23 Å². The number of alkyl halides is 1. The highest BCUT2D eigenvalue weighted by molar-refractivity contribution is 6.17. The van der Waals surface area contributed by atoms with E-state index in [1.807, 2.05) is 6.92 Å². The Morgan fingerprint density at radius 2 is 2.14 bits per heavy atom. The fraction of sp³-hybridized carbons (Fsp3) is 0.455. The zero-order valence-corrected chi connectivity index (χ0v) is 8.98. The van der Waals surface area contributed by atoms with Gasteiger partial charge in [0.1, 0.15) is 0 Å². The molecule has 0 aliphatic rings. The van der Waals surface area contributed by atoms with Crippen molar-refractivity contribution in [3.8, 4) is 5.75 Å². The van der Waals surface area contributed by atoms with Crippen molar-refractivity contribution < 1.29 is 9.13 Å². The Balaban J connectivity index is 2.45. The van der Waals surface area contributed by atoms with E-state index >= 15 is 0 Å². The molecule has 0 bridgehead atoms. The van der Waals surface area contributed by atoms with Gasteiger partial charge in [0.05, 0.1) is 6.61 Å². The van der Waals surface area contributed by atoms with Crippen molar-refractivity contribution in [1.29, 1.82) is 0 Å². The van der Waals surface area contributed by atoms with Crippen LogP contribution in [0.1, 0.15) is 18.4 Å². The number of unbranched alkanes of at least 4 members (excludes halogenated alkanes) is 1. The maximum atomic E-state index is 13.1. The Kier molecular flexibility index (Phi) is 4.74. The van der Waals surface area contributed by atoms with Crippen molar-refractivity contribution in [2.45, 2.75) is 19.8 Å². The summed E-state index contributed by atoms with van der Waals surface area (Å²) in [5.41, 5.74) is 0.999. The molecular weight excluding hydrogens is 203 g/mol. The second-order valence-electron chi connectivity index (χ2n) is 3.18. The van der Waals surface area contributed by atoms with Gasteiger partial charge < -0.3 is 4.74 Å². The molecule has 0 spiro atoms. The SMILES string of the molecule is Cc1ccc(F)c(OCCCCCl)c1. The van der Waals surface area contributed by atoms with Crippen LogP contribution in [-0.4, -0.2) is 12.5 Å². The van der Waals surface area contributed by atoms with E-state index in [1.165, 1.54) is 6.07 Å². The average Bonchev–Trinajstić information content (AvgIpc) is 2.18. The Morgan fingerprint density at radius 1 is 1.36 bits per heavy atom. The smallest absolute Gasteiger partial charge is 0.165 e. The molecule has 0 fully saturated rings. The highest BCUT2D eigenvalue weighted by Gasteiger charge is 2.02. The van der Waals surface area contributed by atoms with Crippen molar-refractivity contribution in [3.05, 3.63) is 29.6 Å². The molecule has 0 aromatic heterocycles. The third-order valence-electron chi connectivity index (χ3n) is 1.87. The predicted molar refractivity (Wildman–Crippen MR) is 56.6 cm³/mol. The first-order valence-corrected chi connectivity index (χ1v) is 5.22. The van der Waals surface area contributed by atoms with Crippen LogP contribution in [0.15, 0.2) is 18.2 Å². The van der Waals surface area contributed by atoms with E-state index in [4.69, 9.17) is 16.3 Å². The molecule has 0 saturated carbocycles. The summed E-state index contributed by atoms with van der Waals surface area (Å²) >= 11 is 5.51. The van der Waals surface area contributed by atoms with Crippen molar-refractivity contribution in [3.63, 3.8) is 0 Å². The van der Waals surface area contributed by atoms with Crippen LogP contribution in [0.3, 0.4) is 0 Å². The summed E-state index contributed by atoms with van der Waals surface area (Å²) in [7, 11) is 0. The molecule has 0 aliphatic carbocycles. The lowest BCUT2D eigenvalue weighted by molar-refractivity contribution is 0.294. The first kappa shape index (κ1) is 11.3. The summed E-state index contributed by atoms with van der Waals surface area (Å²) in [6.45, 7) is 2.43. The maximum absolute atomic E-state index is 13.1. The van der Waals surface area contributed by atoms with Crippen LogP contribution < -0.4 is 4.74 Å². The molecule has 14 heavy (non-hydrogen) atoms. The minimum atomic E-state index is -0.304. The maximum Gasteiger partial charge on any atom is 0.165 e. The summed E-state index contributed by atoms with van der Waals surface area (Å²) in [5, 5.41) is 0. The lowest BCUT2D eigenvalue weighted by Crippen LogP contribution is -1.99. The Morgan fingerprint density at radius 3 is 2.86 bits per heavy atom. The summed E-state index contributed by atoms with van der Waals surface area (Å²) < 4.78 is 18.4. The Labute approximate surface area is 88.8 Å². The molecular formula is C11H14ClFO. The highest BCUT2D eigenvalue weighted by Crippen LogP contribution is 2.18. The third kappa shape index (κ3) is 3.54. The highest BCUT2D eigenvalue weighted by atomic mass is 35.5. The van der Waals surface area contributed by atoms with E-state index in [0.717, 1.165) is 18.4 Å². The van der Waals surface area contributed by atoms with E-state index < -0.39 is 0 Å². The molecule has 0 heterocycles. The standard InChI is InChI=1S/C11H14ClFO/c1-9-4-5-10(13)11(8-9)14-7-3-2-6-12/h4-5,8H,2-3,6-7H2,1H3. The van der Waals surface area contributed by atoms with Crippen LogP contribution >= 0.6 is 11.6 Å². The van der Waals surface area contributed by atoms with Gasteiger partial charge >= 0.3 is 0 Å². The fourth-order valence-electron chi connectivity index (χ4n) is 1.10. The van der Waals surface area contributed by atoms with Gasteiger partial charge in [0, 0.05) is 5.88 Å². The van der Waals surface area contributed by atoms with E-state index in [1.54, 1.807) is 12.1 Å². The first-order valence-electron chi connectivity index (χ1n) is 4.69. The van der Waals surface area contributed by atoms with Gasteiger partial charge in [-0.3, -0.25) is 0 Å². The number of hydrogen-bond acceptors (Lipinski definition) is 1. The van der Waals surface area contributed by atoms with E-state index in [-0.39, 0.29) is 5.82 Å². The molecule has 0 N–H and O–H groups in total. The van der Waals surface area contributed by atoms with Gasteiger partial charge in [0.25, 0.3) is 0 Å². The molecule has 0 unspecified atom stereocenters. The molecule has 1 nitrogen and oxygen atoms in total. The number of rotatable bonds is 5. The van der Waals surface area contributed by atoms with Gasteiger partial charge in [-0.05, 0) is 37.5 Å². The number of halogens is 2. The van der Waals surface area contributed by atoms with E-state index in [2.05, 4.69) is 0 Å². The van der Waals surface area contributed by atoms with Crippen LogP contribution in [-0.2, 0) is 0 Å². The second kappa shape index (κ2) is 5.86. The lowest BCUT2D eigenvalue weighted by atomic mass is 10.2. The van der Waals surface area contributed by atoms with Crippen molar-refractivity contribution in [2.75, 3.05) is 12.5 Å². The monoisotopic (exact) mass is 216 g/mol. The lowest BCUT2D eigenvalue weighted by Gasteiger charge is -2.07. The zero-order valence-electron chi connectivity index (χ0n) is 8.22. The van der Waals surface area contributed by atoms with Crippen LogP contribution in [0.25, 0.3) is 0 Å². The molecule has 0 aliphatic heterocycles. The van der Waals surface area contributed by atoms with Crippen molar-refractivity contribution in [2.24, 2.45) is 0 Å². The van der Waals surface area contributed by atoms with Crippen LogP contribution in [0.5, 0.6) is 5.75 Å². The largest absolute Gasteiger partial charge is 0.491 e. The predicted octanol–water partition coefficient (Wildman–Crippen LogP) is 3.53. The van der Waals surface area contributed by atoms with Gasteiger partial charge in [-0.1, -0.05) is 6.07 Å². The van der Waals surface area contributed by atoms with Gasteiger partial charge in [-0.25, -0.2) is 4.39 Å². The summed E-state index contributed by atoms with van der Waals surface area (Å²) in [4.78, 5) is 0. The minimum Gasteiger partial charge on any atom is -0.491 e. The molecule has 1 aromatic rings. The summed E-state index contributed by atoms with van der Waals surface area (Å²) in [6, 6.07) is 4.85. The number of benzene rings is 1. The number of hydrogen-bond donors (Lipinski definition) is 0. The molecule has 78 valence electrons. The molecule has 0 radical (unpaired) electrons. The molecule has 1 aromatic carbocycles. The Bertz CT molecular complexity index is 289. The fourth-order valence-corrected chi connectivity index (χ4v) is 1.29. The van der Waals surface area contributed by atoms with Gasteiger partial charge in [-0.15, -0.1) is 11.6 Å². The van der Waals surface area contributed by atoms with E-state index in [9.17, 15) is 4.39 Å². The third-order valence-corrected chi connectivity index (χ3v) is 2.14. The first-order chi connectivity index (χ1) is 6.74. The van der Waals surface area contributed by atoms with Gasteiger partial charge in [-0.2, -0.15) is 0 Å². The number of aryl methyl sites for hydroxylation is 1. The van der Waals surface area contributed by atoms with Crippen LogP contribution in [0.4, 0.5) is 4.39 Å². The molecule has 0 saturated heterocycles. The zero-order chi connectivity index (χ0) is 10.4. The summed E-state index contributed by atoms with van der Waals surface area (Å²) in [5.74, 6) is 0.653. The second-order valence-corrected chi connectivity index (χ2v) is 3.56. The minimum absolute atomic E-state index is 0.304. The van der Waals surface area contributed by atoms with Crippen LogP contribution in [0.2, 0.25) is 0 Å². The molecule has 0 atom stereocenters.